The summed E-state index contributed by atoms with van der Waals surface area (Å²) in [6, 6.07) is 14.0. The Morgan fingerprint density at radius 1 is 1.15 bits per heavy atom. The van der Waals surface area contributed by atoms with Gasteiger partial charge < -0.3 is 4.42 Å². The van der Waals surface area contributed by atoms with Crippen LogP contribution >= 0.6 is 11.6 Å². The predicted octanol–water partition coefficient (Wildman–Crippen LogP) is 5.68. The van der Waals surface area contributed by atoms with E-state index in [1.54, 1.807) is 18.2 Å². The summed E-state index contributed by atoms with van der Waals surface area (Å²) >= 11 is 6.31. The lowest BCUT2D eigenvalue weighted by Gasteiger charge is -2.18. The molecule has 0 radical (unpaired) electrons. The van der Waals surface area contributed by atoms with Crippen LogP contribution in [-0.4, -0.2) is 15.1 Å². The molecule has 3 rings (SSSR count). The Morgan fingerprint density at radius 3 is 2.48 bits per heavy atom. The molecule has 2 aromatic carbocycles. The minimum Gasteiger partial charge on any atom is -0.415 e. The minimum atomic E-state index is -0.477. The molecule has 0 unspecified atom stereocenters. The Kier molecular flexibility index (Phi) is 5.10. The lowest BCUT2D eigenvalue weighted by molar-refractivity contribution is -0.384. The number of halogens is 1. The highest BCUT2D eigenvalue weighted by molar-refractivity contribution is 6.50. The average Bonchev–Trinajstić information content (AvgIpc) is 3.12. The van der Waals surface area contributed by atoms with Crippen LogP contribution in [0.15, 0.2) is 52.9 Å². The summed E-state index contributed by atoms with van der Waals surface area (Å²) in [5.74, 6) is 0.321. The van der Waals surface area contributed by atoms with Gasteiger partial charge in [0.05, 0.1) is 4.92 Å². The lowest BCUT2D eigenvalue weighted by atomic mass is 9.87. The second-order valence-corrected chi connectivity index (χ2v) is 7.49. The average molecular weight is 384 g/mol. The van der Waals surface area contributed by atoms with Crippen LogP contribution in [0.25, 0.3) is 22.6 Å². The molecule has 0 amide bonds. The van der Waals surface area contributed by atoms with E-state index in [0.717, 1.165) is 5.56 Å². The molecule has 3 aromatic rings. The summed E-state index contributed by atoms with van der Waals surface area (Å²) in [6.07, 6.45) is 1.73. The molecule has 0 fully saturated rings. The molecule has 1 aromatic heterocycles. The van der Waals surface area contributed by atoms with Crippen molar-refractivity contribution in [2.24, 2.45) is 0 Å². The van der Waals surface area contributed by atoms with Crippen LogP contribution in [0, 0.1) is 10.1 Å². The molecular formula is C20H18ClN3O3. The van der Waals surface area contributed by atoms with Gasteiger partial charge in [-0.05, 0) is 28.7 Å². The highest BCUT2D eigenvalue weighted by Gasteiger charge is 2.15. The quantitative estimate of drug-likeness (QED) is 0.427. The third-order valence-corrected chi connectivity index (χ3v) is 4.27. The number of hydrogen-bond donors (Lipinski definition) is 0. The first kappa shape index (κ1) is 18.8. The van der Waals surface area contributed by atoms with Gasteiger partial charge in [0, 0.05) is 17.7 Å². The first-order chi connectivity index (χ1) is 12.7. The molecule has 0 aliphatic heterocycles. The monoisotopic (exact) mass is 383 g/mol. The lowest BCUT2D eigenvalue weighted by Crippen LogP contribution is -2.10. The van der Waals surface area contributed by atoms with E-state index in [4.69, 9.17) is 16.0 Å². The van der Waals surface area contributed by atoms with E-state index in [-0.39, 0.29) is 22.9 Å². The molecule has 7 heteroatoms. The van der Waals surface area contributed by atoms with E-state index in [1.165, 1.54) is 17.7 Å². The fraction of sp³-hybridized carbons (Fsp3) is 0.200. The number of nitro benzene ring substituents is 1. The molecular weight excluding hydrogens is 366 g/mol. The topological polar surface area (TPSA) is 82.1 Å². The molecule has 0 saturated carbocycles. The Labute approximate surface area is 161 Å². The van der Waals surface area contributed by atoms with Gasteiger partial charge in [0.2, 0.25) is 5.89 Å². The normalized spacial score (nSPS) is 12.2. The van der Waals surface area contributed by atoms with Crippen molar-refractivity contribution in [2.45, 2.75) is 26.2 Å². The Hall–Kier alpha value is -2.99. The van der Waals surface area contributed by atoms with E-state index in [0.29, 0.717) is 10.6 Å². The van der Waals surface area contributed by atoms with E-state index < -0.39 is 4.92 Å². The smallest absolute Gasteiger partial charge is 0.270 e. The van der Waals surface area contributed by atoms with Gasteiger partial charge in [-0.1, -0.05) is 62.7 Å². The fourth-order valence-electron chi connectivity index (χ4n) is 2.48. The van der Waals surface area contributed by atoms with Crippen molar-refractivity contribution in [1.82, 2.24) is 10.2 Å². The highest BCUT2D eigenvalue weighted by atomic mass is 35.5. The number of rotatable bonds is 4. The maximum atomic E-state index is 10.9. The third-order valence-electron chi connectivity index (χ3n) is 4.00. The van der Waals surface area contributed by atoms with E-state index in [2.05, 4.69) is 43.1 Å². The zero-order valence-electron chi connectivity index (χ0n) is 15.1. The molecule has 138 valence electrons. The Balaban J connectivity index is 1.84. The summed E-state index contributed by atoms with van der Waals surface area (Å²) in [7, 11) is 0. The van der Waals surface area contributed by atoms with Crippen LogP contribution in [0.4, 0.5) is 5.69 Å². The van der Waals surface area contributed by atoms with Crippen LogP contribution in [-0.2, 0) is 5.41 Å². The molecule has 0 aliphatic rings. The zero-order valence-corrected chi connectivity index (χ0v) is 15.9. The van der Waals surface area contributed by atoms with Crippen molar-refractivity contribution in [1.29, 1.82) is 0 Å². The standard InChI is InChI=1S/C20H18ClN3O3/c1-20(2,3)15-9-7-13(8-10-15)11-17(21)19-23-22-18(27-19)14-5-4-6-16(12-14)24(25)26/h4-12H,1-3H3/b17-11-. The molecule has 0 spiro atoms. The van der Waals surface area contributed by atoms with Crippen LogP contribution in [0.1, 0.15) is 37.8 Å². The number of hydrogen-bond acceptors (Lipinski definition) is 5. The van der Waals surface area contributed by atoms with Gasteiger partial charge >= 0.3 is 0 Å². The molecule has 0 aliphatic carbocycles. The van der Waals surface area contributed by atoms with Gasteiger partial charge in [-0.25, -0.2) is 0 Å². The molecule has 0 atom stereocenters. The SMILES string of the molecule is CC(C)(C)c1ccc(/C=C(\Cl)c2nnc(-c3cccc([N+](=O)[O-])c3)o2)cc1. The van der Waals surface area contributed by atoms with Gasteiger partial charge in [0.1, 0.15) is 5.03 Å². The second-order valence-electron chi connectivity index (χ2n) is 7.08. The zero-order chi connectivity index (χ0) is 19.6. The summed E-state index contributed by atoms with van der Waals surface area (Å²) in [5.41, 5.74) is 2.62. The van der Waals surface area contributed by atoms with Crippen molar-refractivity contribution >= 4 is 28.4 Å². The number of non-ortho nitro benzene ring substituents is 1. The first-order valence-corrected chi connectivity index (χ1v) is 8.68. The van der Waals surface area contributed by atoms with Gasteiger partial charge in [0.25, 0.3) is 11.6 Å². The highest BCUT2D eigenvalue weighted by Crippen LogP contribution is 2.28. The predicted molar refractivity (Wildman–Crippen MR) is 105 cm³/mol. The van der Waals surface area contributed by atoms with Crippen molar-refractivity contribution in [3.8, 4) is 11.5 Å². The van der Waals surface area contributed by atoms with Crippen molar-refractivity contribution in [2.75, 3.05) is 0 Å². The summed E-state index contributed by atoms with van der Waals surface area (Å²) in [5, 5.41) is 19.1. The van der Waals surface area contributed by atoms with Gasteiger partial charge in [-0.2, -0.15) is 0 Å². The molecule has 0 saturated heterocycles. The van der Waals surface area contributed by atoms with Crippen LogP contribution < -0.4 is 0 Å². The minimum absolute atomic E-state index is 0.0483. The van der Waals surface area contributed by atoms with Crippen LogP contribution in [0.2, 0.25) is 0 Å². The maximum Gasteiger partial charge on any atom is 0.270 e. The van der Waals surface area contributed by atoms with E-state index >= 15 is 0 Å². The fourth-order valence-corrected chi connectivity index (χ4v) is 2.68. The van der Waals surface area contributed by atoms with Gasteiger partial charge in [0.15, 0.2) is 0 Å². The number of nitro groups is 1. The third kappa shape index (κ3) is 4.41. The maximum absolute atomic E-state index is 10.9. The van der Waals surface area contributed by atoms with E-state index in [1.807, 2.05) is 12.1 Å². The Morgan fingerprint density at radius 2 is 1.85 bits per heavy atom. The van der Waals surface area contributed by atoms with Crippen molar-refractivity contribution in [3.05, 3.63) is 75.7 Å². The summed E-state index contributed by atoms with van der Waals surface area (Å²) in [4.78, 5) is 10.4. The molecule has 0 bridgehead atoms. The second kappa shape index (κ2) is 7.32. The number of nitrogens with zero attached hydrogens (tertiary/aromatic N) is 3. The van der Waals surface area contributed by atoms with Crippen molar-refractivity contribution < 1.29 is 9.34 Å². The molecule has 1 heterocycles. The molecule has 6 nitrogen and oxygen atoms in total. The largest absolute Gasteiger partial charge is 0.415 e. The van der Waals surface area contributed by atoms with Gasteiger partial charge in [-0.15, -0.1) is 10.2 Å². The number of benzene rings is 2. The van der Waals surface area contributed by atoms with Gasteiger partial charge in [-0.3, -0.25) is 10.1 Å². The van der Waals surface area contributed by atoms with E-state index in [9.17, 15) is 10.1 Å². The Bertz CT molecular complexity index is 1000. The molecule has 0 N–H and O–H groups in total. The van der Waals surface area contributed by atoms with Crippen LogP contribution in [0.5, 0.6) is 0 Å². The van der Waals surface area contributed by atoms with Crippen LogP contribution in [0.3, 0.4) is 0 Å². The van der Waals surface area contributed by atoms with Crippen molar-refractivity contribution in [3.63, 3.8) is 0 Å². The molecule has 27 heavy (non-hydrogen) atoms. The summed E-state index contributed by atoms with van der Waals surface area (Å²) in [6.45, 7) is 6.45. The first-order valence-electron chi connectivity index (χ1n) is 8.30. The summed E-state index contributed by atoms with van der Waals surface area (Å²) < 4.78 is 5.57. The number of aromatic nitrogens is 2.